The second-order valence-corrected chi connectivity index (χ2v) is 5.71. The molecular formula is C18H23N3O3. The van der Waals surface area contributed by atoms with E-state index in [1.54, 1.807) is 28.9 Å². The minimum atomic E-state index is -0.351. The number of nitrogens with one attached hydrogen (secondary N) is 1. The smallest absolute Gasteiger partial charge is 0.338 e. The van der Waals surface area contributed by atoms with Gasteiger partial charge in [-0.2, -0.15) is 5.10 Å². The lowest BCUT2D eigenvalue weighted by atomic mass is 10.1. The average Bonchev–Trinajstić information content (AvgIpc) is 2.79. The van der Waals surface area contributed by atoms with E-state index in [0.29, 0.717) is 17.9 Å². The van der Waals surface area contributed by atoms with E-state index in [0.717, 1.165) is 23.4 Å². The highest BCUT2D eigenvalue weighted by Gasteiger charge is 2.14. The van der Waals surface area contributed by atoms with Crippen molar-refractivity contribution >= 4 is 17.6 Å². The molecule has 0 saturated heterocycles. The molecule has 6 nitrogen and oxygen atoms in total. The van der Waals surface area contributed by atoms with Crippen molar-refractivity contribution in [2.75, 3.05) is 11.9 Å². The van der Waals surface area contributed by atoms with Crippen LogP contribution in [0.3, 0.4) is 0 Å². The predicted molar refractivity (Wildman–Crippen MR) is 92.0 cm³/mol. The molecule has 0 bridgehead atoms. The number of hydrogen-bond acceptors (Lipinski definition) is 4. The lowest BCUT2D eigenvalue weighted by molar-refractivity contribution is -0.115. The second kappa shape index (κ2) is 7.77. The maximum Gasteiger partial charge on any atom is 0.338 e. The Morgan fingerprint density at radius 3 is 2.42 bits per heavy atom. The zero-order valence-electron chi connectivity index (χ0n) is 14.5. The molecule has 128 valence electrons. The molecule has 0 atom stereocenters. The summed E-state index contributed by atoms with van der Waals surface area (Å²) in [6.45, 7) is 6.18. The van der Waals surface area contributed by atoms with E-state index in [1.807, 2.05) is 27.8 Å². The number of anilines is 1. The minimum Gasteiger partial charge on any atom is -0.462 e. The number of carbonyl (C=O) groups is 2. The van der Waals surface area contributed by atoms with Gasteiger partial charge in [0.2, 0.25) is 5.91 Å². The molecule has 24 heavy (non-hydrogen) atoms. The fourth-order valence-electron chi connectivity index (χ4n) is 2.41. The van der Waals surface area contributed by atoms with Gasteiger partial charge in [0.25, 0.3) is 0 Å². The fraction of sp³-hybridized carbons (Fsp3) is 0.389. The molecule has 0 saturated carbocycles. The normalized spacial score (nSPS) is 10.5. The summed E-state index contributed by atoms with van der Waals surface area (Å²) in [5.74, 6) is -0.466. The van der Waals surface area contributed by atoms with E-state index in [-0.39, 0.29) is 18.3 Å². The van der Waals surface area contributed by atoms with Crippen LogP contribution in [0.2, 0.25) is 0 Å². The van der Waals surface area contributed by atoms with Gasteiger partial charge in [0, 0.05) is 24.0 Å². The van der Waals surface area contributed by atoms with Crippen LogP contribution in [-0.2, 0) is 23.0 Å². The molecule has 0 aliphatic heterocycles. The lowest BCUT2D eigenvalue weighted by Gasteiger charge is -2.07. The van der Waals surface area contributed by atoms with Gasteiger partial charge in [0.15, 0.2) is 0 Å². The van der Waals surface area contributed by atoms with Gasteiger partial charge < -0.3 is 10.1 Å². The number of aryl methyl sites for hydroxylation is 2. The van der Waals surface area contributed by atoms with Crippen LogP contribution in [0.25, 0.3) is 0 Å². The summed E-state index contributed by atoms with van der Waals surface area (Å²) in [6.07, 6.45) is 1.05. The Balaban J connectivity index is 1.98. The highest BCUT2D eigenvalue weighted by Crippen LogP contribution is 2.15. The first-order valence-electron chi connectivity index (χ1n) is 7.98. The van der Waals surface area contributed by atoms with Gasteiger partial charge in [-0.3, -0.25) is 9.48 Å². The van der Waals surface area contributed by atoms with Crippen molar-refractivity contribution in [2.24, 2.45) is 7.05 Å². The third-order valence-electron chi connectivity index (χ3n) is 3.84. The third kappa shape index (κ3) is 4.22. The molecule has 6 heteroatoms. The van der Waals surface area contributed by atoms with Crippen molar-refractivity contribution in [3.63, 3.8) is 0 Å². The van der Waals surface area contributed by atoms with Crippen molar-refractivity contribution in [3.8, 4) is 0 Å². The summed E-state index contributed by atoms with van der Waals surface area (Å²) >= 11 is 0. The number of ether oxygens (including phenoxy) is 1. The summed E-state index contributed by atoms with van der Waals surface area (Å²) in [7, 11) is 1.86. The first kappa shape index (κ1) is 17.7. The average molecular weight is 329 g/mol. The van der Waals surface area contributed by atoms with Crippen LogP contribution in [0.1, 0.15) is 40.7 Å². The number of hydrogen-bond donors (Lipinski definition) is 1. The standard InChI is InChI=1S/C18H23N3O3/c1-5-10-24-18(23)14-6-8-15(9-7-14)19-17(22)11-16-12(2)20-21(4)13(16)3/h6-9H,5,10-11H2,1-4H3,(H,19,22). The zero-order valence-corrected chi connectivity index (χ0v) is 14.5. The van der Waals surface area contributed by atoms with Crippen molar-refractivity contribution in [1.82, 2.24) is 9.78 Å². The van der Waals surface area contributed by atoms with Crippen molar-refractivity contribution in [2.45, 2.75) is 33.6 Å². The summed E-state index contributed by atoms with van der Waals surface area (Å²) < 4.78 is 6.84. The largest absolute Gasteiger partial charge is 0.462 e. The number of aromatic nitrogens is 2. The molecule has 1 N–H and O–H groups in total. The minimum absolute atomic E-state index is 0.115. The number of esters is 1. The highest BCUT2D eigenvalue weighted by atomic mass is 16.5. The third-order valence-corrected chi connectivity index (χ3v) is 3.84. The molecule has 0 aliphatic rings. The Labute approximate surface area is 141 Å². The molecule has 0 fully saturated rings. The number of benzene rings is 1. The lowest BCUT2D eigenvalue weighted by Crippen LogP contribution is -2.15. The number of rotatable bonds is 6. The molecule has 0 aliphatic carbocycles. The zero-order chi connectivity index (χ0) is 17.7. The number of nitrogens with zero attached hydrogens (tertiary/aromatic N) is 2. The summed E-state index contributed by atoms with van der Waals surface area (Å²) in [5.41, 5.74) is 3.90. The second-order valence-electron chi connectivity index (χ2n) is 5.71. The summed E-state index contributed by atoms with van der Waals surface area (Å²) in [4.78, 5) is 24.0. The maximum absolute atomic E-state index is 12.2. The van der Waals surface area contributed by atoms with E-state index in [2.05, 4.69) is 10.4 Å². The van der Waals surface area contributed by atoms with Crippen LogP contribution in [-0.4, -0.2) is 28.3 Å². The van der Waals surface area contributed by atoms with Crippen LogP contribution >= 0.6 is 0 Å². The Hall–Kier alpha value is -2.63. The topological polar surface area (TPSA) is 73.2 Å². The molecule has 0 radical (unpaired) electrons. The van der Waals surface area contributed by atoms with Gasteiger partial charge in [-0.1, -0.05) is 6.92 Å². The van der Waals surface area contributed by atoms with E-state index < -0.39 is 0 Å². The van der Waals surface area contributed by atoms with Crippen LogP contribution in [0.4, 0.5) is 5.69 Å². The fourth-order valence-corrected chi connectivity index (χ4v) is 2.41. The monoisotopic (exact) mass is 329 g/mol. The molecule has 1 heterocycles. The molecule has 1 aromatic heterocycles. The first-order chi connectivity index (χ1) is 11.4. The van der Waals surface area contributed by atoms with E-state index in [1.165, 1.54) is 0 Å². The Morgan fingerprint density at radius 1 is 1.21 bits per heavy atom. The summed E-state index contributed by atoms with van der Waals surface area (Å²) in [5, 5.41) is 7.15. The predicted octanol–water partition coefficient (Wildman–Crippen LogP) is 2.78. The van der Waals surface area contributed by atoms with Crippen LogP contribution in [0, 0.1) is 13.8 Å². The molecular weight excluding hydrogens is 306 g/mol. The van der Waals surface area contributed by atoms with Crippen LogP contribution in [0.15, 0.2) is 24.3 Å². The highest BCUT2D eigenvalue weighted by molar-refractivity contribution is 5.94. The van der Waals surface area contributed by atoms with Crippen molar-refractivity contribution < 1.29 is 14.3 Å². The van der Waals surface area contributed by atoms with Crippen LogP contribution in [0.5, 0.6) is 0 Å². The van der Waals surface area contributed by atoms with Crippen molar-refractivity contribution in [3.05, 3.63) is 46.8 Å². The van der Waals surface area contributed by atoms with Gasteiger partial charge >= 0.3 is 5.97 Å². The van der Waals surface area contributed by atoms with E-state index in [4.69, 9.17) is 4.74 Å². The quantitative estimate of drug-likeness (QED) is 0.827. The number of carbonyl (C=O) groups excluding carboxylic acids is 2. The molecule has 0 spiro atoms. The summed E-state index contributed by atoms with van der Waals surface area (Å²) in [6, 6.07) is 6.69. The van der Waals surface area contributed by atoms with Crippen molar-refractivity contribution in [1.29, 1.82) is 0 Å². The van der Waals surface area contributed by atoms with Gasteiger partial charge in [0.05, 0.1) is 24.3 Å². The van der Waals surface area contributed by atoms with Crippen LogP contribution < -0.4 is 5.32 Å². The van der Waals surface area contributed by atoms with Gasteiger partial charge in [-0.15, -0.1) is 0 Å². The molecule has 2 rings (SSSR count). The molecule has 2 aromatic rings. The Kier molecular flexibility index (Phi) is 5.73. The Bertz CT molecular complexity index is 733. The van der Waals surface area contributed by atoms with E-state index >= 15 is 0 Å². The van der Waals surface area contributed by atoms with E-state index in [9.17, 15) is 9.59 Å². The van der Waals surface area contributed by atoms with Gasteiger partial charge in [-0.25, -0.2) is 4.79 Å². The van der Waals surface area contributed by atoms with Gasteiger partial charge in [-0.05, 0) is 44.5 Å². The maximum atomic E-state index is 12.2. The SMILES string of the molecule is CCCOC(=O)c1ccc(NC(=O)Cc2c(C)nn(C)c2C)cc1. The molecule has 1 amide bonds. The van der Waals surface area contributed by atoms with Gasteiger partial charge in [0.1, 0.15) is 0 Å². The first-order valence-corrected chi connectivity index (χ1v) is 7.98. The Morgan fingerprint density at radius 2 is 1.88 bits per heavy atom. The number of amides is 1. The molecule has 0 unspecified atom stereocenters. The molecule has 1 aromatic carbocycles.